The highest BCUT2D eigenvalue weighted by Crippen LogP contribution is 2.26. The third-order valence-corrected chi connectivity index (χ3v) is 6.04. The first-order valence-corrected chi connectivity index (χ1v) is 9.49. The summed E-state index contributed by atoms with van der Waals surface area (Å²) < 4.78 is 39.6. The lowest BCUT2D eigenvalue weighted by atomic mass is 10.3. The van der Waals surface area contributed by atoms with Crippen molar-refractivity contribution in [2.24, 2.45) is 0 Å². The van der Waals surface area contributed by atoms with Gasteiger partial charge >= 0.3 is 0 Å². The molecule has 0 bridgehead atoms. The molecule has 6 nitrogen and oxygen atoms in total. The number of hydrogen-bond donors (Lipinski definition) is 1. The Morgan fingerprint density at radius 2 is 1.92 bits per heavy atom. The molecule has 0 unspecified atom stereocenters. The van der Waals surface area contributed by atoms with Crippen molar-refractivity contribution < 1.29 is 17.6 Å². The summed E-state index contributed by atoms with van der Waals surface area (Å²) >= 11 is 5.87. The molecule has 1 heterocycles. The van der Waals surface area contributed by atoms with Crippen LogP contribution in [-0.2, 0) is 14.8 Å². The Bertz CT molecular complexity index is 704. The highest BCUT2D eigenvalue weighted by Gasteiger charge is 2.30. The molecule has 1 aliphatic rings. The fourth-order valence-electron chi connectivity index (χ4n) is 2.52. The number of halogens is 2. The summed E-state index contributed by atoms with van der Waals surface area (Å²) in [7, 11) is -3.77. The SMILES string of the molecule is CC(C)NC(=O)CN1CCN(S(=O)(=O)c2ccc(F)cc2Cl)CC1. The molecular weight excluding hydrogens is 357 g/mol. The molecule has 24 heavy (non-hydrogen) atoms. The smallest absolute Gasteiger partial charge is 0.244 e. The average Bonchev–Trinajstić information content (AvgIpc) is 2.46. The standard InChI is InChI=1S/C15H21ClFN3O3S/c1-11(2)18-15(21)10-19-5-7-20(8-6-19)24(22,23)14-4-3-12(17)9-13(14)16/h3-4,9,11H,5-8,10H2,1-2H3,(H,18,21). The maximum atomic E-state index is 13.1. The van der Waals surface area contributed by atoms with Crippen molar-refractivity contribution in [2.45, 2.75) is 24.8 Å². The average molecular weight is 378 g/mol. The van der Waals surface area contributed by atoms with Gasteiger partial charge in [0.2, 0.25) is 15.9 Å². The summed E-state index contributed by atoms with van der Waals surface area (Å²) in [6.07, 6.45) is 0. The first kappa shape index (κ1) is 19.1. The van der Waals surface area contributed by atoms with E-state index in [4.69, 9.17) is 11.6 Å². The third-order valence-electron chi connectivity index (χ3n) is 3.66. The number of benzene rings is 1. The number of nitrogens with one attached hydrogen (secondary N) is 1. The van der Waals surface area contributed by atoms with Gasteiger partial charge in [0.25, 0.3) is 0 Å². The van der Waals surface area contributed by atoms with Gasteiger partial charge in [0.1, 0.15) is 10.7 Å². The number of sulfonamides is 1. The molecule has 1 aliphatic heterocycles. The zero-order valence-electron chi connectivity index (χ0n) is 13.6. The summed E-state index contributed by atoms with van der Waals surface area (Å²) in [5, 5.41) is 2.67. The molecule has 0 radical (unpaired) electrons. The van der Waals surface area contributed by atoms with E-state index in [1.165, 1.54) is 10.4 Å². The quantitative estimate of drug-likeness (QED) is 0.840. The van der Waals surface area contributed by atoms with E-state index in [-0.39, 0.29) is 41.5 Å². The van der Waals surface area contributed by atoms with Crippen LogP contribution in [0.1, 0.15) is 13.8 Å². The van der Waals surface area contributed by atoms with Gasteiger partial charge in [-0.15, -0.1) is 0 Å². The number of amides is 1. The lowest BCUT2D eigenvalue weighted by molar-refractivity contribution is -0.123. The Kier molecular flexibility index (Phi) is 6.19. The largest absolute Gasteiger partial charge is 0.353 e. The minimum atomic E-state index is -3.77. The van der Waals surface area contributed by atoms with Crippen molar-refractivity contribution >= 4 is 27.5 Å². The van der Waals surface area contributed by atoms with Crippen LogP contribution in [0.2, 0.25) is 5.02 Å². The van der Waals surface area contributed by atoms with Crippen LogP contribution in [0.15, 0.2) is 23.1 Å². The first-order chi connectivity index (χ1) is 11.2. The highest BCUT2D eigenvalue weighted by molar-refractivity contribution is 7.89. The van der Waals surface area contributed by atoms with Crippen LogP contribution in [0.4, 0.5) is 4.39 Å². The highest BCUT2D eigenvalue weighted by atomic mass is 35.5. The van der Waals surface area contributed by atoms with Gasteiger partial charge in [-0.3, -0.25) is 9.69 Å². The first-order valence-electron chi connectivity index (χ1n) is 7.67. The van der Waals surface area contributed by atoms with Crippen LogP contribution < -0.4 is 5.32 Å². The molecule has 0 aliphatic carbocycles. The summed E-state index contributed by atoms with van der Waals surface area (Å²) in [5.74, 6) is -0.664. The van der Waals surface area contributed by atoms with Crippen molar-refractivity contribution in [1.29, 1.82) is 0 Å². The van der Waals surface area contributed by atoms with Crippen LogP contribution in [-0.4, -0.2) is 62.3 Å². The van der Waals surface area contributed by atoms with Crippen LogP contribution in [0.25, 0.3) is 0 Å². The second-order valence-electron chi connectivity index (χ2n) is 5.98. The number of carbonyl (C=O) groups excluding carboxylic acids is 1. The minimum Gasteiger partial charge on any atom is -0.353 e. The molecule has 0 atom stereocenters. The van der Waals surface area contributed by atoms with Gasteiger partial charge in [0.05, 0.1) is 11.6 Å². The zero-order chi connectivity index (χ0) is 17.9. The van der Waals surface area contributed by atoms with Crippen molar-refractivity contribution in [3.05, 3.63) is 29.0 Å². The molecule has 0 saturated carbocycles. The Labute approximate surface area is 146 Å². The van der Waals surface area contributed by atoms with E-state index in [0.29, 0.717) is 13.1 Å². The molecule has 1 saturated heterocycles. The van der Waals surface area contributed by atoms with Crippen LogP contribution in [0.5, 0.6) is 0 Å². The molecule has 0 aromatic heterocycles. The molecule has 1 N–H and O–H groups in total. The predicted octanol–water partition coefficient (Wildman–Crippen LogP) is 1.31. The lowest BCUT2D eigenvalue weighted by Gasteiger charge is -2.33. The van der Waals surface area contributed by atoms with Gasteiger partial charge in [-0.25, -0.2) is 12.8 Å². The van der Waals surface area contributed by atoms with Gasteiger partial charge in [0.15, 0.2) is 0 Å². The molecule has 0 spiro atoms. The van der Waals surface area contributed by atoms with E-state index in [1.807, 2.05) is 18.7 Å². The fraction of sp³-hybridized carbons (Fsp3) is 0.533. The van der Waals surface area contributed by atoms with Gasteiger partial charge in [-0.2, -0.15) is 4.31 Å². The predicted molar refractivity (Wildman–Crippen MR) is 89.9 cm³/mol. The van der Waals surface area contributed by atoms with E-state index >= 15 is 0 Å². The maximum Gasteiger partial charge on any atom is 0.244 e. The summed E-state index contributed by atoms with van der Waals surface area (Å²) in [6, 6.07) is 3.31. The third kappa shape index (κ3) is 4.66. The topological polar surface area (TPSA) is 69.7 Å². The van der Waals surface area contributed by atoms with E-state index in [2.05, 4.69) is 5.32 Å². The van der Waals surface area contributed by atoms with E-state index < -0.39 is 15.8 Å². The second kappa shape index (κ2) is 7.77. The molecule has 1 aromatic rings. The number of rotatable bonds is 5. The molecule has 1 fully saturated rings. The Hall–Kier alpha value is -1.22. The van der Waals surface area contributed by atoms with E-state index in [0.717, 1.165) is 12.1 Å². The van der Waals surface area contributed by atoms with Crippen LogP contribution >= 0.6 is 11.6 Å². The normalized spacial score (nSPS) is 17.2. The van der Waals surface area contributed by atoms with Crippen LogP contribution in [0.3, 0.4) is 0 Å². The van der Waals surface area contributed by atoms with Crippen molar-refractivity contribution in [3.63, 3.8) is 0 Å². The van der Waals surface area contributed by atoms with Crippen molar-refractivity contribution in [1.82, 2.24) is 14.5 Å². The van der Waals surface area contributed by atoms with Crippen molar-refractivity contribution in [2.75, 3.05) is 32.7 Å². The summed E-state index contributed by atoms with van der Waals surface area (Å²) in [5.41, 5.74) is 0. The van der Waals surface area contributed by atoms with E-state index in [9.17, 15) is 17.6 Å². The molecule has 134 valence electrons. The molecule has 1 amide bonds. The number of carbonyl (C=O) groups is 1. The summed E-state index contributed by atoms with van der Waals surface area (Å²) in [4.78, 5) is 13.6. The monoisotopic (exact) mass is 377 g/mol. The van der Waals surface area contributed by atoms with Crippen molar-refractivity contribution in [3.8, 4) is 0 Å². The fourth-order valence-corrected chi connectivity index (χ4v) is 4.45. The molecule has 9 heteroatoms. The minimum absolute atomic E-state index is 0.0692. The van der Waals surface area contributed by atoms with Gasteiger partial charge < -0.3 is 5.32 Å². The molecule has 1 aromatic carbocycles. The summed E-state index contributed by atoms with van der Waals surface area (Å²) in [6.45, 7) is 5.41. The Balaban J connectivity index is 1.99. The van der Waals surface area contributed by atoms with Gasteiger partial charge in [-0.1, -0.05) is 11.6 Å². The lowest BCUT2D eigenvalue weighted by Crippen LogP contribution is -2.51. The Morgan fingerprint density at radius 1 is 1.29 bits per heavy atom. The molecule has 2 rings (SSSR count). The van der Waals surface area contributed by atoms with Gasteiger partial charge in [0, 0.05) is 32.2 Å². The zero-order valence-corrected chi connectivity index (χ0v) is 15.2. The van der Waals surface area contributed by atoms with Gasteiger partial charge in [-0.05, 0) is 32.0 Å². The van der Waals surface area contributed by atoms with E-state index in [1.54, 1.807) is 0 Å². The second-order valence-corrected chi connectivity index (χ2v) is 8.29. The number of hydrogen-bond acceptors (Lipinski definition) is 4. The van der Waals surface area contributed by atoms with Crippen LogP contribution in [0, 0.1) is 5.82 Å². The Morgan fingerprint density at radius 3 is 2.46 bits per heavy atom. The number of piperazine rings is 1. The molecular formula is C15H21ClFN3O3S. The maximum absolute atomic E-state index is 13.1. The number of nitrogens with zero attached hydrogens (tertiary/aromatic N) is 2.